The lowest BCUT2D eigenvalue weighted by Gasteiger charge is -1.95. The van der Waals surface area contributed by atoms with Crippen LogP contribution in [0.4, 0.5) is 8.78 Å². The number of carbonyl (C=O) groups excluding carboxylic acids is 1. The zero-order valence-electron chi connectivity index (χ0n) is 8.15. The topological polar surface area (TPSA) is 81.5 Å². The predicted octanol–water partition coefficient (Wildman–Crippen LogP) is 0.778. The second kappa shape index (κ2) is 5.01. The van der Waals surface area contributed by atoms with Gasteiger partial charge in [0.05, 0.1) is 0 Å². The van der Waals surface area contributed by atoms with Gasteiger partial charge >= 0.3 is 0 Å². The van der Waals surface area contributed by atoms with E-state index in [2.05, 4.69) is 4.99 Å². The van der Waals surface area contributed by atoms with Crippen LogP contribution >= 0.6 is 0 Å². The minimum atomic E-state index is -0.747. The summed E-state index contributed by atoms with van der Waals surface area (Å²) in [6.07, 6.45) is 2.03. The molecule has 4 N–H and O–H groups in total. The van der Waals surface area contributed by atoms with Gasteiger partial charge in [-0.15, -0.1) is 0 Å². The maximum absolute atomic E-state index is 13.1. The van der Waals surface area contributed by atoms with Crippen molar-refractivity contribution in [2.75, 3.05) is 0 Å². The third-order valence-corrected chi connectivity index (χ3v) is 1.60. The molecule has 0 saturated carbocycles. The highest BCUT2D eigenvalue weighted by Gasteiger charge is 2.01. The molecule has 0 atom stereocenters. The van der Waals surface area contributed by atoms with Crippen LogP contribution in [0.5, 0.6) is 0 Å². The van der Waals surface area contributed by atoms with Gasteiger partial charge in [-0.3, -0.25) is 4.79 Å². The number of rotatable bonds is 2. The molecule has 4 nitrogen and oxygen atoms in total. The Labute approximate surface area is 90.3 Å². The van der Waals surface area contributed by atoms with Crippen molar-refractivity contribution >= 4 is 17.9 Å². The summed E-state index contributed by atoms with van der Waals surface area (Å²) in [7, 11) is 0. The SMILES string of the molecule is NC(N)=NC(=O)C=Cc1cc(F)ccc1F. The molecule has 1 amide bonds. The molecule has 0 aliphatic rings. The van der Waals surface area contributed by atoms with E-state index in [1.807, 2.05) is 0 Å². The first-order valence-corrected chi connectivity index (χ1v) is 4.26. The predicted molar refractivity (Wildman–Crippen MR) is 56.2 cm³/mol. The molecule has 0 bridgehead atoms. The molecule has 0 heterocycles. The molecular formula is C10H9F2N3O. The fraction of sp³-hybridized carbons (Fsp3) is 0. The maximum atomic E-state index is 13.1. The van der Waals surface area contributed by atoms with Crippen LogP contribution in [-0.2, 0) is 4.79 Å². The number of hydrogen-bond donors (Lipinski definition) is 2. The fourth-order valence-electron chi connectivity index (χ4n) is 0.968. The summed E-state index contributed by atoms with van der Waals surface area (Å²) in [5.74, 6) is -2.39. The summed E-state index contributed by atoms with van der Waals surface area (Å²) in [4.78, 5) is 14.1. The number of amides is 1. The second-order valence-corrected chi connectivity index (χ2v) is 2.87. The maximum Gasteiger partial charge on any atom is 0.272 e. The molecular weight excluding hydrogens is 216 g/mol. The molecule has 0 radical (unpaired) electrons. The normalized spacial score (nSPS) is 10.4. The zero-order valence-corrected chi connectivity index (χ0v) is 8.15. The van der Waals surface area contributed by atoms with Crippen LogP contribution in [-0.4, -0.2) is 11.9 Å². The lowest BCUT2D eigenvalue weighted by atomic mass is 10.2. The molecule has 0 fully saturated rings. The highest BCUT2D eigenvalue weighted by Crippen LogP contribution is 2.11. The van der Waals surface area contributed by atoms with Crippen molar-refractivity contribution in [3.63, 3.8) is 0 Å². The van der Waals surface area contributed by atoms with E-state index in [4.69, 9.17) is 11.5 Å². The van der Waals surface area contributed by atoms with E-state index in [9.17, 15) is 13.6 Å². The molecule has 1 aromatic carbocycles. The van der Waals surface area contributed by atoms with Gasteiger partial charge in [-0.1, -0.05) is 0 Å². The Hall–Kier alpha value is -2.24. The van der Waals surface area contributed by atoms with E-state index >= 15 is 0 Å². The first-order valence-electron chi connectivity index (χ1n) is 4.26. The van der Waals surface area contributed by atoms with Crippen LogP contribution in [0.25, 0.3) is 6.08 Å². The second-order valence-electron chi connectivity index (χ2n) is 2.87. The minimum absolute atomic E-state index is 0.0563. The Morgan fingerprint density at radius 3 is 2.62 bits per heavy atom. The Bertz CT molecular complexity index is 465. The number of hydrogen-bond acceptors (Lipinski definition) is 1. The molecule has 0 unspecified atom stereocenters. The van der Waals surface area contributed by atoms with E-state index < -0.39 is 23.5 Å². The van der Waals surface area contributed by atoms with E-state index in [0.29, 0.717) is 0 Å². The molecule has 1 aromatic rings. The highest BCUT2D eigenvalue weighted by molar-refractivity contribution is 5.99. The number of carbonyl (C=O) groups is 1. The van der Waals surface area contributed by atoms with Crippen LogP contribution in [0.15, 0.2) is 29.3 Å². The number of halogens is 2. The van der Waals surface area contributed by atoms with Crippen LogP contribution in [0.2, 0.25) is 0 Å². The first kappa shape index (κ1) is 11.8. The molecule has 0 aromatic heterocycles. The van der Waals surface area contributed by atoms with Crippen molar-refractivity contribution in [3.8, 4) is 0 Å². The summed E-state index contributed by atoms with van der Waals surface area (Å²) in [5, 5.41) is 0. The third-order valence-electron chi connectivity index (χ3n) is 1.60. The van der Waals surface area contributed by atoms with Crippen LogP contribution < -0.4 is 11.5 Å². The Morgan fingerprint density at radius 2 is 2.00 bits per heavy atom. The van der Waals surface area contributed by atoms with Gasteiger partial charge in [-0.2, -0.15) is 4.99 Å². The van der Waals surface area contributed by atoms with Crippen LogP contribution in [0, 0.1) is 11.6 Å². The molecule has 0 aliphatic carbocycles. The average Bonchev–Trinajstić information content (AvgIpc) is 2.18. The average molecular weight is 225 g/mol. The van der Waals surface area contributed by atoms with Crippen LogP contribution in [0.3, 0.4) is 0 Å². The van der Waals surface area contributed by atoms with Crippen molar-refractivity contribution in [1.82, 2.24) is 0 Å². The van der Waals surface area contributed by atoms with Gasteiger partial charge in [0.25, 0.3) is 5.91 Å². The van der Waals surface area contributed by atoms with Crippen molar-refractivity contribution in [3.05, 3.63) is 41.5 Å². The number of guanidine groups is 1. The summed E-state index contributed by atoms with van der Waals surface area (Å²) < 4.78 is 25.8. The van der Waals surface area contributed by atoms with Gasteiger partial charge in [-0.05, 0) is 24.3 Å². The Balaban J connectivity index is 2.88. The van der Waals surface area contributed by atoms with Gasteiger partial charge in [0.1, 0.15) is 11.6 Å². The summed E-state index contributed by atoms with van der Waals surface area (Å²) in [6, 6.07) is 2.89. The minimum Gasteiger partial charge on any atom is -0.370 e. The fourth-order valence-corrected chi connectivity index (χ4v) is 0.968. The van der Waals surface area contributed by atoms with Gasteiger partial charge in [-0.25, -0.2) is 8.78 Å². The van der Waals surface area contributed by atoms with E-state index in [1.54, 1.807) is 0 Å². The molecule has 0 saturated heterocycles. The Morgan fingerprint density at radius 1 is 1.31 bits per heavy atom. The van der Waals surface area contributed by atoms with E-state index in [1.165, 1.54) is 0 Å². The van der Waals surface area contributed by atoms with Crippen molar-refractivity contribution in [2.45, 2.75) is 0 Å². The molecule has 6 heteroatoms. The summed E-state index contributed by atoms with van der Waals surface area (Å²) >= 11 is 0. The lowest BCUT2D eigenvalue weighted by Crippen LogP contribution is -2.23. The van der Waals surface area contributed by atoms with Crippen molar-refractivity contribution < 1.29 is 13.6 Å². The standard InChI is InChI=1S/C10H9F2N3O/c11-7-2-3-8(12)6(5-7)1-4-9(16)15-10(13)14/h1-5H,(H4,13,14,15,16). The third kappa shape index (κ3) is 3.49. The summed E-state index contributed by atoms with van der Waals surface area (Å²) in [5.41, 5.74) is 9.85. The highest BCUT2D eigenvalue weighted by atomic mass is 19.1. The van der Waals surface area contributed by atoms with Crippen LogP contribution in [0.1, 0.15) is 5.56 Å². The monoisotopic (exact) mass is 225 g/mol. The van der Waals surface area contributed by atoms with Gasteiger partial charge in [0.2, 0.25) is 0 Å². The molecule has 0 spiro atoms. The van der Waals surface area contributed by atoms with E-state index in [0.717, 1.165) is 30.4 Å². The molecule has 84 valence electrons. The molecule has 0 aliphatic heterocycles. The number of benzene rings is 1. The van der Waals surface area contributed by atoms with Gasteiger partial charge in [0.15, 0.2) is 5.96 Å². The number of nitrogens with zero attached hydrogens (tertiary/aromatic N) is 1. The van der Waals surface area contributed by atoms with Gasteiger partial charge in [0, 0.05) is 11.6 Å². The molecule has 16 heavy (non-hydrogen) atoms. The zero-order chi connectivity index (χ0) is 12.1. The lowest BCUT2D eigenvalue weighted by molar-refractivity contribution is -0.113. The van der Waals surface area contributed by atoms with Gasteiger partial charge < -0.3 is 11.5 Å². The van der Waals surface area contributed by atoms with E-state index in [-0.39, 0.29) is 5.56 Å². The van der Waals surface area contributed by atoms with Crippen molar-refractivity contribution in [2.24, 2.45) is 16.5 Å². The largest absolute Gasteiger partial charge is 0.370 e. The Kier molecular flexibility index (Phi) is 3.71. The number of aliphatic imine (C=N–C) groups is 1. The summed E-state index contributed by atoms with van der Waals surface area (Å²) in [6.45, 7) is 0. The number of nitrogens with two attached hydrogens (primary N) is 2. The molecule has 1 rings (SSSR count). The quantitative estimate of drug-likeness (QED) is 0.443. The van der Waals surface area contributed by atoms with Crippen molar-refractivity contribution in [1.29, 1.82) is 0 Å². The first-order chi connectivity index (χ1) is 7.49. The smallest absolute Gasteiger partial charge is 0.272 e.